The summed E-state index contributed by atoms with van der Waals surface area (Å²) in [5, 5.41) is 2.79. The molecule has 1 saturated heterocycles. The molecule has 0 aliphatic carbocycles. The highest BCUT2D eigenvalue weighted by Crippen LogP contribution is 2.27. The summed E-state index contributed by atoms with van der Waals surface area (Å²) in [5.41, 5.74) is 2.18. The molecule has 1 N–H and O–H groups in total. The number of benzene rings is 3. The number of fused-ring (bicyclic) bond motifs is 1. The third-order valence-corrected chi connectivity index (χ3v) is 5.44. The zero-order valence-corrected chi connectivity index (χ0v) is 18.4. The zero-order valence-electron chi connectivity index (χ0n) is 18.4. The van der Waals surface area contributed by atoms with Crippen LogP contribution < -0.4 is 15.1 Å². The van der Waals surface area contributed by atoms with Crippen molar-refractivity contribution in [2.75, 3.05) is 11.5 Å². The lowest BCUT2D eigenvalue weighted by molar-refractivity contribution is -0.148. The monoisotopic (exact) mass is 463 g/mol. The van der Waals surface area contributed by atoms with E-state index in [4.69, 9.17) is 4.74 Å². The highest BCUT2D eigenvalue weighted by Gasteiger charge is 2.45. The van der Waals surface area contributed by atoms with Crippen LogP contribution in [-0.2, 0) is 19.2 Å². The minimum absolute atomic E-state index is 0.0243. The standard InChI is InChI=1S/C25H22FN3O5/c1-2-23(31)29(21-14-24(32)28(25(21)33)20-10-6-5-9-19(20)26)27-22(30)15-34-18-12-11-16-7-3-4-8-17(16)13-18/h3-13,21H,2,14-15H2,1H3,(H,27,30). The fourth-order valence-corrected chi connectivity index (χ4v) is 3.76. The summed E-state index contributed by atoms with van der Waals surface area (Å²) in [6.45, 7) is 1.14. The molecule has 1 fully saturated rings. The third kappa shape index (κ3) is 4.59. The molecule has 1 heterocycles. The predicted octanol–water partition coefficient (Wildman–Crippen LogP) is 2.96. The number of nitrogens with zero attached hydrogens (tertiary/aromatic N) is 2. The number of anilines is 1. The van der Waals surface area contributed by atoms with Gasteiger partial charge in [0.05, 0.1) is 12.1 Å². The van der Waals surface area contributed by atoms with E-state index in [1.54, 1.807) is 19.1 Å². The SMILES string of the molecule is CCC(=O)N(NC(=O)COc1ccc2ccccc2c1)C1CC(=O)N(c2ccccc2F)C1=O. The number of carbonyl (C=O) groups is 4. The Morgan fingerprint density at radius 2 is 1.76 bits per heavy atom. The Bertz CT molecular complexity index is 1280. The summed E-state index contributed by atoms with van der Waals surface area (Å²) in [5.74, 6) is -3.01. The number of rotatable bonds is 6. The first-order chi connectivity index (χ1) is 16.4. The predicted molar refractivity (Wildman–Crippen MR) is 122 cm³/mol. The molecule has 0 aromatic heterocycles. The molecule has 1 unspecified atom stereocenters. The fraction of sp³-hybridized carbons (Fsp3) is 0.200. The quantitative estimate of drug-likeness (QED) is 0.448. The van der Waals surface area contributed by atoms with Gasteiger partial charge in [0.25, 0.3) is 11.8 Å². The van der Waals surface area contributed by atoms with Crippen molar-refractivity contribution >= 4 is 40.1 Å². The van der Waals surface area contributed by atoms with Gasteiger partial charge in [-0.15, -0.1) is 0 Å². The summed E-state index contributed by atoms with van der Waals surface area (Å²) >= 11 is 0. The third-order valence-electron chi connectivity index (χ3n) is 5.44. The Hall–Kier alpha value is -4.27. The van der Waals surface area contributed by atoms with Crippen LogP contribution in [0.2, 0.25) is 0 Å². The topological polar surface area (TPSA) is 96.0 Å². The van der Waals surface area contributed by atoms with Crippen LogP contribution in [0.15, 0.2) is 66.7 Å². The number of halogens is 1. The van der Waals surface area contributed by atoms with Gasteiger partial charge >= 0.3 is 0 Å². The molecule has 1 aliphatic heterocycles. The van der Waals surface area contributed by atoms with Crippen molar-refractivity contribution < 1.29 is 28.3 Å². The van der Waals surface area contributed by atoms with Crippen LogP contribution in [0.3, 0.4) is 0 Å². The number of nitrogens with one attached hydrogen (secondary N) is 1. The lowest BCUT2D eigenvalue weighted by Gasteiger charge is -2.27. The second-order valence-corrected chi connectivity index (χ2v) is 7.69. The van der Waals surface area contributed by atoms with Gasteiger partial charge < -0.3 is 4.74 Å². The van der Waals surface area contributed by atoms with Gasteiger partial charge in [0.15, 0.2) is 6.61 Å². The maximum absolute atomic E-state index is 14.2. The average molecular weight is 463 g/mol. The molecule has 9 heteroatoms. The molecule has 4 amide bonds. The molecule has 3 aromatic rings. The van der Waals surface area contributed by atoms with Crippen molar-refractivity contribution in [3.63, 3.8) is 0 Å². The average Bonchev–Trinajstić information content (AvgIpc) is 3.14. The van der Waals surface area contributed by atoms with Crippen molar-refractivity contribution in [3.8, 4) is 5.75 Å². The van der Waals surface area contributed by atoms with Crippen LogP contribution >= 0.6 is 0 Å². The first-order valence-corrected chi connectivity index (χ1v) is 10.7. The largest absolute Gasteiger partial charge is 0.484 e. The molecular weight excluding hydrogens is 441 g/mol. The maximum atomic E-state index is 14.2. The number of imide groups is 1. The smallest absolute Gasteiger partial charge is 0.276 e. The lowest BCUT2D eigenvalue weighted by Crippen LogP contribution is -2.55. The second-order valence-electron chi connectivity index (χ2n) is 7.69. The molecule has 1 atom stereocenters. The normalized spacial score (nSPS) is 15.5. The lowest BCUT2D eigenvalue weighted by atomic mass is 10.1. The molecule has 0 spiro atoms. The number of carbonyl (C=O) groups excluding carboxylic acids is 4. The van der Waals surface area contributed by atoms with E-state index in [-0.39, 0.29) is 18.5 Å². The van der Waals surface area contributed by atoms with Crippen LogP contribution in [0.1, 0.15) is 19.8 Å². The fourth-order valence-electron chi connectivity index (χ4n) is 3.76. The van der Waals surface area contributed by atoms with E-state index in [1.807, 2.05) is 30.3 Å². The summed E-state index contributed by atoms with van der Waals surface area (Å²) in [6.07, 6.45) is -0.409. The molecule has 174 valence electrons. The summed E-state index contributed by atoms with van der Waals surface area (Å²) in [7, 11) is 0. The Balaban J connectivity index is 1.46. The van der Waals surface area contributed by atoms with Gasteiger partial charge in [0.2, 0.25) is 11.8 Å². The number of hydrogen-bond acceptors (Lipinski definition) is 5. The molecule has 3 aromatic carbocycles. The van der Waals surface area contributed by atoms with Gasteiger partial charge in [0, 0.05) is 6.42 Å². The number of hydrazine groups is 1. The van der Waals surface area contributed by atoms with Crippen LogP contribution in [0.4, 0.5) is 10.1 Å². The van der Waals surface area contributed by atoms with E-state index in [2.05, 4.69) is 5.43 Å². The Morgan fingerprint density at radius 3 is 2.50 bits per heavy atom. The van der Waals surface area contributed by atoms with E-state index in [9.17, 15) is 23.6 Å². The second kappa shape index (κ2) is 9.70. The Labute approximate surface area is 194 Å². The Morgan fingerprint density at radius 1 is 1.06 bits per heavy atom. The first-order valence-electron chi connectivity index (χ1n) is 10.7. The maximum Gasteiger partial charge on any atom is 0.276 e. The van der Waals surface area contributed by atoms with Gasteiger partial charge in [-0.1, -0.05) is 49.4 Å². The number of amides is 4. The van der Waals surface area contributed by atoms with Gasteiger partial charge in [-0.2, -0.15) is 0 Å². The van der Waals surface area contributed by atoms with E-state index >= 15 is 0 Å². The van der Waals surface area contributed by atoms with Gasteiger partial charge in [-0.25, -0.2) is 14.3 Å². The van der Waals surface area contributed by atoms with Gasteiger partial charge in [-0.3, -0.25) is 24.6 Å². The van der Waals surface area contributed by atoms with Crippen molar-refractivity contribution in [3.05, 3.63) is 72.5 Å². The molecule has 34 heavy (non-hydrogen) atoms. The summed E-state index contributed by atoms with van der Waals surface area (Å²) in [6, 6.07) is 17.1. The summed E-state index contributed by atoms with van der Waals surface area (Å²) < 4.78 is 19.7. The summed E-state index contributed by atoms with van der Waals surface area (Å²) in [4.78, 5) is 51.3. The van der Waals surface area contributed by atoms with Crippen LogP contribution in [0, 0.1) is 5.82 Å². The van der Waals surface area contributed by atoms with Gasteiger partial charge in [-0.05, 0) is 35.0 Å². The van der Waals surface area contributed by atoms with E-state index in [0.29, 0.717) is 10.6 Å². The van der Waals surface area contributed by atoms with Crippen LogP contribution in [0.5, 0.6) is 5.75 Å². The van der Waals surface area contributed by atoms with Crippen molar-refractivity contribution in [2.45, 2.75) is 25.8 Å². The molecule has 0 radical (unpaired) electrons. The Kier molecular flexibility index (Phi) is 6.53. The van der Waals surface area contributed by atoms with Crippen molar-refractivity contribution in [1.82, 2.24) is 10.4 Å². The first kappa shape index (κ1) is 22.9. The van der Waals surface area contributed by atoms with E-state index in [1.165, 1.54) is 18.2 Å². The molecule has 8 nitrogen and oxygen atoms in total. The highest BCUT2D eigenvalue weighted by atomic mass is 19.1. The van der Waals surface area contributed by atoms with Crippen molar-refractivity contribution in [2.24, 2.45) is 0 Å². The van der Waals surface area contributed by atoms with E-state index < -0.39 is 42.1 Å². The van der Waals surface area contributed by atoms with E-state index in [0.717, 1.165) is 21.8 Å². The zero-order chi connectivity index (χ0) is 24.2. The highest BCUT2D eigenvalue weighted by molar-refractivity contribution is 6.23. The molecule has 0 bridgehead atoms. The minimum Gasteiger partial charge on any atom is -0.484 e. The molecule has 4 rings (SSSR count). The molecule has 1 aliphatic rings. The van der Waals surface area contributed by atoms with Crippen molar-refractivity contribution in [1.29, 1.82) is 0 Å². The number of para-hydroxylation sites is 1. The molecule has 0 saturated carbocycles. The van der Waals surface area contributed by atoms with Crippen LogP contribution in [0.25, 0.3) is 10.8 Å². The van der Waals surface area contributed by atoms with Gasteiger partial charge in [0.1, 0.15) is 17.6 Å². The minimum atomic E-state index is -1.29. The number of hydrogen-bond donors (Lipinski definition) is 1. The molecular formula is C25H22FN3O5. The van der Waals surface area contributed by atoms with Crippen LogP contribution in [-0.4, -0.2) is 41.3 Å². The number of ether oxygens (including phenoxy) is 1.